The van der Waals surface area contributed by atoms with Gasteiger partial charge in [0, 0.05) is 17.7 Å². The van der Waals surface area contributed by atoms with Gasteiger partial charge in [-0.1, -0.05) is 15.9 Å². The van der Waals surface area contributed by atoms with E-state index in [0.717, 1.165) is 26.0 Å². The third-order valence-corrected chi connectivity index (χ3v) is 3.80. The average Bonchev–Trinajstić information content (AvgIpc) is 2.86. The number of hydrogen-bond donors (Lipinski definition) is 1. The molecule has 2 aromatic heterocycles. The Kier molecular flexibility index (Phi) is 2.83. The van der Waals surface area contributed by atoms with Crippen molar-refractivity contribution in [3.8, 4) is 0 Å². The Bertz CT molecular complexity index is 768. The van der Waals surface area contributed by atoms with Crippen LogP contribution >= 0.6 is 28.1 Å². The monoisotopic (exact) mass is 322 g/mol. The minimum absolute atomic E-state index is 0.714. The number of H-pyrrole nitrogens is 1. The minimum Gasteiger partial charge on any atom is -0.331 e. The van der Waals surface area contributed by atoms with Gasteiger partial charge in [0.2, 0.25) is 0 Å². The molecule has 18 heavy (non-hydrogen) atoms. The molecule has 1 N–H and O–H groups in total. The summed E-state index contributed by atoms with van der Waals surface area (Å²) in [7, 11) is 1.93. The molecule has 0 radical (unpaired) electrons. The fraction of sp³-hybridized carbons (Fsp3) is 0.167. The zero-order chi connectivity index (χ0) is 12.7. The van der Waals surface area contributed by atoms with Crippen molar-refractivity contribution in [3.05, 3.63) is 45.4 Å². The minimum atomic E-state index is 0.714. The number of aryl methyl sites for hydroxylation is 1. The van der Waals surface area contributed by atoms with Crippen LogP contribution in [0.15, 0.2) is 34.9 Å². The molecule has 3 aromatic rings. The Morgan fingerprint density at radius 1 is 1.39 bits per heavy atom. The SMILES string of the molecule is Cn1nccc1Cn1c(=S)[nH]c2ccc(Br)cc21. The summed E-state index contributed by atoms with van der Waals surface area (Å²) >= 11 is 8.86. The number of aromatic nitrogens is 4. The Balaban J connectivity index is 2.17. The van der Waals surface area contributed by atoms with Gasteiger partial charge in [0.15, 0.2) is 4.77 Å². The average molecular weight is 323 g/mol. The highest BCUT2D eigenvalue weighted by atomic mass is 79.9. The standard InChI is InChI=1S/C12H11BrN4S/c1-16-9(4-5-14-16)7-17-11-6-8(13)2-3-10(11)15-12(17)18/h2-6H,7H2,1H3,(H,15,18). The molecule has 0 atom stereocenters. The van der Waals surface area contributed by atoms with E-state index in [1.54, 1.807) is 6.20 Å². The molecule has 4 nitrogen and oxygen atoms in total. The lowest BCUT2D eigenvalue weighted by Gasteiger charge is -2.05. The van der Waals surface area contributed by atoms with E-state index in [1.165, 1.54) is 0 Å². The van der Waals surface area contributed by atoms with Crippen LogP contribution < -0.4 is 0 Å². The second-order valence-corrected chi connectivity index (χ2v) is 5.43. The van der Waals surface area contributed by atoms with Gasteiger partial charge in [0.1, 0.15) is 0 Å². The Morgan fingerprint density at radius 2 is 2.22 bits per heavy atom. The van der Waals surface area contributed by atoms with Crippen LogP contribution in [0.3, 0.4) is 0 Å². The third-order valence-electron chi connectivity index (χ3n) is 2.98. The van der Waals surface area contributed by atoms with Crippen molar-refractivity contribution in [2.24, 2.45) is 7.05 Å². The summed E-state index contributed by atoms with van der Waals surface area (Å²) in [5.74, 6) is 0. The van der Waals surface area contributed by atoms with Gasteiger partial charge in [-0.25, -0.2) is 0 Å². The Labute approximate surface area is 117 Å². The molecule has 0 aliphatic carbocycles. The van der Waals surface area contributed by atoms with Gasteiger partial charge in [0.05, 0.1) is 23.3 Å². The number of nitrogens with zero attached hydrogens (tertiary/aromatic N) is 3. The largest absolute Gasteiger partial charge is 0.331 e. The number of fused-ring (bicyclic) bond motifs is 1. The number of imidazole rings is 1. The zero-order valence-corrected chi connectivity index (χ0v) is 12.1. The summed E-state index contributed by atoms with van der Waals surface area (Å²) in [6.45, 7) is 0.714. The molecular weight excluding hydrogens is 312 g/mol. The number of halogens is 1. The summed E-state index contributed by atoms with van der Waals surface area (Å²) < 4.78 is 5.71. The van der Waals surface area contributed by atoms with E-state index in [-0.39, 0.29) is 0 Å². The molecule has 0 fully saturated rings. The van der Waals surface area contributed by atoms with E-state index < -0.39 is 0 Å². The number of benzene rings is 1. The van der Waals surface area contributed by atoms with Gasteiger partial charge >= 0.3 is 0 Å². The van der Waals surface area contributed by atoms with E-state index in [1.807, 2.05) is 29.9 Å². The molecule has 0 unspecified atom stereocenters. The van der Waals surface area contributed by atoms with Gasteiger partial charge in [-0.2, -0.15) is 5.10 Å². The van der Waals surface area contributed by atoms with Crippen LogP contribution in [0.25, 0.3) is 11.0 Å². The molecule has 0 amide bonds. The van der Waals surface area contributed by atoms with Gasteiger partial charge < -0.3 is 9.55 Å². The molecule has 0 saturated heterocycles. The van der Waals surface area contributed by atoms with Crippen LogP contribution in [-0.2, 0) is 13.6 Å². The molecule has 92 valence electrons. The van der Waals surface area contributed by atoms with Crippen LogP contribution in [0.1, 0.15) is 5.69 Å². The highest BCUT2D eigenvalue weighted by Crippen LogP contribution is 2.20. The fourth-order valence-corrected chi connectivity index (χ4v) is 2.62. The van der Waals surface area contributed by atoms with Crippen LogP contribution in [0.4, 0.5) is 0 Å². The predicted octanol–water partition coefficient (Wildman–Crippen LogP) is 3.24. The first-order chi connectivity index (χ1) is 8.65. The van der Waals surface area contributed by atoms with Crippen molar-refractivity contribution in [2.75, 3.05) is 0 Å². The van der Waals surface area contributed by atoms with Crippen molar-refractivity contribution >= 4 is 39.2 Å². The van der Waals surface area contributed by atoms with Gasteiger partial charge in [-0.05, 0) is 36.5 Å². The maximum Gasteiger partial charge on any atom is 0.178 e. The molecular formula is C12H11BrN4S. The number of nitrogens with one attached hydrogen (secondary N) is 1. The molecule has 1 aromatic carbocycles. The maximum absolute atomic E-state index is 5.38. The van der Waals surface area contributed by atoms with Crippen molar-refractivity contribution in [1.82, 2.24) is 19.3 Å². The zero-order valence-electron chi connectivity index (χ0n) is 9.72. The van der Waals surface area contributed by atoms with Crippen LogP contribution in [0.5, 0.6) is 0 Å². The lowest BCUT2D eigenvalue weighted by molar-refractivity contribution is 0.671. The molecule has 3 rings (SSSR count). The van der Waals surface area contributed by atoms with Crippen molar-refractivity contribution in [2.45, 2.75) is 6.54 Å². The summed E-state index contributed by atoms with van der Waals surface area (Å²) in [5, 5.41) is 4.17. The lowest BCUT2D eigenvalue weighted by atomic mass is 10.3. The number of aromatic amines is 1. The number of rotatable bonds is 2. The molecule has 0 aliphatic heterocycles. The maximum atomic E-state index is 5.38. The molecule has 6 heteroatoms. The van der Waals surface area contributed by atoms with E-state index >= 15 is 0 Å². The summed E-state index contributed by atoms with van der Waals surface area (Å²) in [6, 6.07) is 8.09. The van der Waals surface area contributed by atoms with Crippen molar-refractivity contribution in [3.63, 3.8) is 0 Å². The normalized spacial score (nSPS) is 11.2. The van der Waals surface area contributed by atoms with Gasteiger partial charge in [-0.15, -0.1) is 0 Å². The first-order valence-corrected chi connectivity index (χ1v) is 6.70. The second-order valence-electron chi connectivity index (χ2n) is 4.12. The fourth-order valence-electron chi connectivity index (χ4n) is 2.00. The van der Waals surface area contributed by atoms with Crippen molar-refractivity contribution in [1.29, 1.82) is 0 Å². The highest BCUT2D eigenvalue weighted by molar-refractivity contribution is 9.10. The topological polar surface area (TPSA) is 38.5 Å². The van der Waals surface area contributed by atoms with Crippen molar-refractivity contribution < 1.29 is 0 Å². The molecule has 0 bridgehead atoms. The van der Waals surface area contributed by atoms with E-state index in [9.17, 15) is 0 Å². The first-order valence-electron chi connectivity index (χ1n) is 5.50. The molecule has 0 aliphatic rings. The van der Waals surface area contributed by atoms with E-state index in [2.05, 4.69) is 36.6 Å². The van der Waals surface area contributed by atoms with Crippen LogP contribution in [-0.4, -0.2) is 19.3 Å². The number of hydrogen-bond acceptors (Lipinski definition) is 2. The quantitative estimate of drug-likeness (QED) is 0.735. The van der Waals surface area contributed by atoms with Gasteiger partial charge in [-0.3, -0.25) is 4.68 Å². The smallest absolute Gasteiger partial charge is 0.178 e. The van der Waals surface area contributed by atoms with E-state index in [0.29, 0.717) is 6.54 Å². The Morgan fingerprint density at radius 3 is 2.94 bits per heavy atom. The highest BCUT2D eigenvalue weighted by Gasteiger charge is 2.07. The summed E-state index contributed by atoms with van der Waals surface area (Å²) in [4.78, 5) is 3.21. The second kappa shape index (κ2) is 4.37. The van der Waals surface area contributed by atoms with E-state index in [4.69, 9.17) is 12.2 Å². The van der Waals surface area contributed by atoms with Gasteiger partial charge in [0.25, 0.3) is 0 Å². The molecule has 0 spiro atoms. The predicted molar refractivity (Wildman–Crippen MR) is 77.1 cm³/mol. The lowest BCUT2D eigenvalue weighted by Crippen LogP contribution is -2.05. The molecule has 2 heterocycles. The third kappa shape index (κ3) is 1.91. The van der Waals surface area contributed by atoms with Crippen LogP contribution in [0, 0.1) is 4.77 Å². The molecule has 0 saturated carbocycles. The first kappa shape index (κ1) is 11.7. The van der Waals surface area contributed by atoms with Crippen LogP contribution in [0.2, 0.25) is 0 Å². The summed E-state index contributed by atoms with van der Waals surface area (Å²) in [5.41, 5.74) is 3.26. The summed E-state index contributed by atoms with van der Waals surface area (Å²) in [6.07, 6.45) is 1.80. The Hall–Kier alpha value is -1.40.